The fraction of sp³-hybridized carbons (Fsp3) is 0.176. The molecule has 132 valence electrons. The van der Waals surface area contributed by atoms with E-state index < -0.39 is 0 Å². The molecular weight excluding hydrogens is 367 g/mol. The van der Waals surface area contributed by atoms with Gasteiger partial charge in [-0.05, 0) is 24.3 Å². The van der Waals surface area contributed by atoms with Crippen LogP contribution in [0.2, 0.25) is 10.0 Å². The van der Waals surface area contributed by atoms with Crippen molar-refractivity contribution >= 4 is 35.6 Å². The number of hydrogen-bond acceptors (Lipinski definition) is 6. The minimum Gasteiger partial charge on any atom is -0.506 e. The highest BCUT2D eigenvalue weighted by atomic mass is 35.5. The molecule has 0 unspecified atom stereocenters. The molecule has 0 fully saturated rings. The normalized spacial score (nSPS) is 11.2. The molecule has 0 saturated carbocycles. The van der Waals surface area contributed by atoms with E-state index in [1.807, 2.05) is 0 Å². The molecule has 0 radical (unpaired) electrons. The van der Waals surface area contributed by atoms with Gasteiger partial charge in [0.25, 0.3) is 0 Å². The molecule has 1 N–H and O–H groups in total. The number of phenols is 1. The highest BCUT2D eigenvalue weighted by Crippen LogP contribution is 2.37. The lowest BCUT2D eigenvalue weighted by molar-refractivity contribution is 0.324. The van der Waals surface area contributed by atoms with Crippen molar-refractivity contribution in [3.63, 3.8) is 0 Å². The maximum Gasteiger partial charge on any atom is 0.203 e. The predicted octanol–water partition coefficient (Wildman–Crippen LogP) is 4.18. The second kappa shape index (κ2) is 8.60. The third kappa shape index (κ3) is 4.55. The Morgan fingerprint density at radius 2 is 1.48 bits per heavy atom. The molecule has 2 aromatic carbocycles. The molecule has 2 aromatic rings. The Morgan fingerprint density at radius 1 is 0.880 bits per heavy atom. The second-order valence-electron chi connectivity index (χ2n) is 4.77. The molecule has 25 heavy (non-hydrogen) atoms. The zero-order valence-electron chi connectivity index (χ0n) is 13.8. The van der Waals surface area contributed by atoms with Crippen molar-refractivity contribution in [2.24, 2.45) is 10.2 Å². The monoisotopic (exact) mass is 382 g/mol. The smallest absolute Gasteiger partial charge is 0.203 e. The fourth-order valence-electron chi connectivity index (χ4n) is 2.06. The van der Waals surface area contributed by atoms with Gasteiger partial charge in [0.15, 0.2) is 11.5 Å². The van der Waals surface area contributed by atoms with Gasteiger partial charge in [0, 0.05) is 16.1 Å². The van der Waals surface area contributed by atoms with Crippen LogP contribution in [0.25, 0.3) is 0 Å². The topological polar surface area (TPSA) is 72.6 Å². The Morgan fingerprint density at radius 3 is 2.04 bits per heavy atom. The molecule has 8 heteroatoms. The second-order valence-corrected chi connectivity index (χ2v) is 5.62. The molecule has 0 heterocycles. The molecule has 0 aliphatic rings. The van der Waals surface area contributed by atoms with Crippen LogP contribution in [0.4, 0.5) is 0 Å². The third-order valence-corrected chi connectivity index (χ3v) is 3.72. The Balaban J connectivity index is 2.25. The van der Waals surface area contributed by atoms with Crippen LogP contribution in [-0.4, -0.2) is 38.9 Å². The van der Waals surface area contributed by atoms with E-state index in [1.54, 1.807) is 12.1 Å². The van der Waals surface area contributed by atoms with Crippen LogP contribution in [0.1, 0.15) is 11.1 Å². The number of methoxy groups -OCH3 is 3. The van der Waals surface area contributed by atoms with E-state index in [0.717, 1.165) is 0 Å². The van der Waals surface area contributed by atoms with E-state index in [4.69, 9.17) is 37.4 Å². The zero-order valence-corrected chi connectivity index (χ0v) is 15.3. The SMILES string of the molecule is COc1cc(/C=N/N=C/c2cc(Cl)cc(Cl)c2O)cc(OC)c1OC. The maximum absolute atomic E-state index is 9.85. The quantitative estimate of drug-likeness (QED) is 0.600. The van der Waals surface area contributed by atoms with E-state index >= 15 is 0 Å². The Bertz CT molecular complexity index is 798. The number of hydrogen-bond donors (Lipinski definition) is 1. The largest absolute Gasteiger partial charge is 0.506 e. The lowest BCUT2D eigenvalue weighted by Crippen LogP contribution is -1.96. The summed E-state index contributed by atoms with van der Waals surface area (Å²) in [5, 5.41) is 18.2. The standard InChI is InChI=1S/C17H16Cl2N2O4/c1-23-14-4-10(5-15(24-2)17(14)25-3)8-20-21-9-11-6-12(18)7-13(19)16(11)22/h4-9,22H,1-3H3/b20-8+,21-9+. The minimum atomic E-state index is -0.113. The van der Waals surface area contributed by atoms with Gasteiger partial charge < -0.3 is 19.3 Å². The van der Waals surface area contributed by atoms with Gasteiger partial charge >= 0.3 is 0 Å². The summed E-state index contributed by atoms with van der Waals surface area (Å²) < 4.78 is 15.8. The predicted molar refractivity (Wildman–Crippen MR) is 99.4 cm³/mol. The average Bonchev–Trinajstić information content (AvgIpc) is 2.61. The van der Waals surface area contributed by atoms with Crippen LogP contribution in [-0.2, 0) is 0 Å². The van der Waals surface area contributed by atoms with Gasteiger partial charge in [-0.15, -0.1) is 0 Å². The summed E-state index contributed by atoms with van der Waals surface area (Å²) in [6.07, 6.45) is 2.85. The van der Waals surface area contributed by atoms with Crippen molar-refractivity contribution in [1.82, 2.24) is 0 Å². The molecule has 0 aliphatic carbocycles. The lowest BCUT2D eigenvalue weighted by atomic mass is 10.2. The van der Waals surface area contributed by atoms with Gasteiger partial charge in [0.2, 0.25) is 5.75 Å². The van der Waals surface area contributed by atoms with E-state index in [2.05, 4.69) is 10.2 Å². The van der Waals surface area contributed by atoms with E-state index in [9.17, 15) is 5.11 Å². The summed E-state index contributed by atoms with van der Waals surface area (Å²) in [6, 6.07) is 6.43. The molecule has 0 aromatic heterocycles. The van der Waals surface area contributed by atoms with Crippen LogP contribution < -0.4 is 14.2 Å². The fourth-order valence-corrected chi connectivity index (χ4v) is 2.56. The van der Waals surface area contributed by atoms with Crippen molar-refractivity contribution in [3.05, 3.63) is 45.4 Å². The average molecular weight is 383 g/mol. The van der Waals surface area contributed by atoms with E-state index in [1.165, 1.54) is 45.9 Å². The molecule has 0 aliphatic heterocycles. The van der Waals surface area contributed by atoms with Gasteiger partial charge in [-0.25, -0.2) is 0 Å². The summed E-state index contributed by atoms with van der Waals surface area (Å²) in [5.74, 6) is 1.39. The first kappa shape index (κ1) is 18.9. The number of phenolic OH excluding ortho intramolecular Hbond substituents is 1. The molecule has 0 saturated heterocycles. The van der Waals surface area contributed by atoms with Crippen molar-refractivity contribution < 1.29 is 19.3 Å². The van der Waals surface area contributed by atoms with E-state index in [0.29, 0.717) is 33.4 Å². The van der Waals surface area contributed by atoms with Crippen LogP contribution in [0.3, 0.4) is 0 Å². The van der Waals surface area contributed by atoms with Crippen LogP contribution >= 0.6 is 23.2 Å². The van der Waals surface area contributed by atoms with Gasteiger partial charge in [0.05, 0.1) is 38.8 Å². The first-order valence-electron chi connectivity index (χ1n) is 7.04. The molecule has 0 bridgehead atoms. The van der Waals surface area contributed by atoms with Gasteiger partial charge in [0.1, 0.15) is 5.75 Å². The molecule has 0 spiro atoms. The number of ether oxygens (including phenoxy) is 3. The maximum atomic E-state index is 9.85. The number of nitrogens with zero attached hydrogens (tertiary/aromatic N) is 2. The summed E-state index contributed by atoms with van der Waals surface area (Å²) in [7, 11) is 4.59. The summed E-state index contributed by atoms with van der Waals surface area (Å²) >= 11 is 11.7. The van der Waals surface area contributed by atoms with Crippen molar-refractivity contribution in [2.45, 2.75) is 0 Å². The Kier molecular flexibility index (Phi) is 6.50. The molecular formula is C17H16Cl2N2O4. The first-order chi connectivity index (χ1) is 12.0. The van der Waals surface area contributed by atoms with Gasteiger partial charge in [-0.2, -0.15) is 10.2 Å². The molecule has 6 nitrogen and oxygen atoms in total. The van der Waals surface area contributed by atoms with Gasteiger partial charge in [-0.3, -0.25) is 0 Å². The highest BCUT2D eigenvalue weighted by molar-refractivity contribution is 6.36. The molecule has 0 atom stereocenters. The number of aromatic hydroxyl groups is 1. The lowest BCUT2D eigenvalue weighted by Gasteiger charge is -2.12. The number of benzene rings is 2. The van der Waals surface area contributed by atoms with Crippen LogP contribution in [0.5, 0.6) is 23.0 Å². The first-order valence-corrected chi connectivity index (χ1v) is 7.80. The molecule has 0 amide bonds. The minimum absolute atomic E-state index is 0.113. The Hall–Kier alpha value is -2.44. The Labute approximate surface area is 155 Å². The van der Waals surface area contributed by atoms with Gasteiger partial charge in [-0.1, -0.05) is 23.2 Å². The van der Waals surface area contributed by atoms with Crippen molar-refractivity contribution in [3.8, 4) is 23.0 Å². The van der Waals surface area contributed by atoms with E-state index in [-0.39, 0.29) is 10.8 Å². The highest BCUT2D eigenvalue weighted by Gasteiger charge is 2.12. The number of halogens is 2. The summed E-state index contributed by atoms with van der Waals surface area (Å²) in [5.41, 5.74) is 1.06. The third-order valence-electron chi connectivity index (χ3n) is 3.22. The summed E-state index contributed by atoms with van der Waals surface area (Å²) in [4.78, 5) is 0. The van der Waals surface area contributed by atoms with Crippen molar-refractivity contribution in [1.29, 1.82) is 0 Å². The van der Waals surface area contributed by atoms with Crippen molar-refractivity contribution in [2.75, 3.05) is 21.3 Å². The molecule has 2 rings (SSSR count). The summed E-state index contributed by atoms with van der Waals surface area (Å²) in [6.45, 7) is 0. The zero-order chi connectivity index (χ0) is 18.4. The van der Waals surface area contributed by atoms with Crippen LogP contribution in [0.15, 0.2) is 34.5 Å². The number of rotatable bonds is 6. The van der Waals surface area contributed by atoms with Crippen LogP contribution in [0, 0.1) is 0 Å².